The Morgan fingerprint density at radius 3 is 2.61 bits per heavy atom. The molecule has 1 unspecified atom stereocenters. The zero-order chi connectivity index (χ0) is 17.4. The van der Waals surface area contributed by atoms with E-state index in [4.69, 9.17) is 9.47 Å². The van der Waals surface area contributed by atoms with Gasteiger partial charge in [-0.25, -0.2) is 4.79 Å². The van der Waals surface area contributed by atoms with Gasteiger partial charge in [-0.05, 0) is 56.9 Å². The summed E-state index contributed by atoms with van der Waals surface area (Å²) in [6.07, 6.45) is 3.74. The van der Waals surface area contributed by atoms with Gasteiger partial charge in [0, 0.05) is 0 Å². The van der Waals surface area contributed by atoms with E-state index in [0.717, 1.165) is 23.3 Å². The summed E-state index contributed by atoms with van der Waals surface area (Å²) in [7, 11) is 2.97. The van der Waals surface area contributed by atoms with Crippen LogP contribution in [0.1, 0.15) is 42.6 Å². The van der Waals surface area contributed by atoms with E-state index in [1.165, 1.54) is 12.7 Å². The van der Waals surface area contributed by atoms with Gasteiger partial charge in [0.25, 0.3) is 0 Å². The maximum Gasteiger partial charge on any atom is 0.337 e. The first-order valence-corrected chi connectivity index (χ1v) is 7.63. The second-order valence-corrected chi connectivity index (χ2v) is 5.67. The zero-order valence-corrected chi connectivity index (χ0v) is 14.4. The Labute approximate surface area is 138 Å². The number of methoxy groups -OCH3 is 2. The van der Waals surface area contributed by atoms with Gasteiger partial charge in [0.15, 0.2) is 0 Å². The minimum absolute atomic E-state index is 0.362. The number of aliphatic hydroxyl groups is 1. The number of carbonyl (C=O) groups excluding carboxylic acids is 1. The molecule has 0 aliphatic rings. The number of aliphatic hydroxyl groups excluding tert-OH is 1. The molecule has 0 amide bonds. The standard InChI is InChI=1S/C19H26O4/c1-13(2)17(20)10-7-14(3)6-8-15-12-16(19(21)23-5)9-11-18(15)22-4/h6,9,11-12,17,20H,1,7-8,10H2,2-5H3. The molecule has 1 atom stereocenters. The van der Waals surface area contributed by atoms with Crippen LogP contribution in [0.4, 0.5) is 0 Å². The first-order chi connectivity index (χ1) is 10.9. The highest BCUT2D eigenvalue weighted by atomic mass is 16.5. The Balaban J connectivity index is 2.80. The van der Waals surface area contributed by atoms with Crippen molar-refractivity contribution < 1.29 is 19.4 Å². The third-order valence-corrected chi connectivity index (χ3v) is 3.75. The number of ether oxygens (including phenoxy) is 2. The number of benzene rings is 1. The van der Waals surface area contributed by atoms with Crippen molar-refractivity contribution in [2.45, 2.75) is 39.2 Å². The first-order valence-electron chi connectivity index (χ1n) is 7.63. The molecule has 0 fully saturated rings. The highest BCUT2D eigenvalue weighted by Crippen LogP contribution is 2.22. The molecule has 0 radical (unpaired) electrons. The van der Waals surface area contributed by atoms with E-state index >= 15 is 0 Å². The fourth-order valence-electron chi connectivity index (χ4n) is 2.18. The van der Waals surface area contributed by atoms with Crippen LogP contribution in [0.25, 0.3) is 0 Å². The first kappa shape index (κ1) is 19.0. The second kappa shape index (κ2) is 9.16. The van der Waals surface area contributed by atoms with E-state index in [-0.39, 0.29) is 5.97 Å². The Kier molecular flexibility index (Phi) is 7.55. The Bertz CT molecular complexity index is 587. The highest BCUT2D eigenvalue weighted by Gasteiger charge is 2.10. The Hall–Kier alpha value is -2.07. The largest absolute Gasteiger partial charge is 0.496 e. The normalized spacial score (nSPS) is 12.7. The van der Waals surface area contributed by atoms with Gasteiger partial charge >= 0.3 is 5.97 Å². The van der Waals surface area contributed by atoms with Crippen molar-refractivity contribution in [2.24, 2.45) is 0 Å². The molecule has 0 aromatic heterocycles. The number of rotatable bonds is 8. The summed E-state index contributed by atoms with van der Waals surface area (Å²) < 4.78 is 10.1. The summed E-state index contributed by atoms with van der Waals surface area (Å²) in [5.74, 6) is 0.378. The lowest BCUT2D eigenvalue weighted by atomic mass is 10.0. The molecule has 0 spiro atoms. The maximum absolute atomic E-state index is 11.6. The number of carbonyl (C=O) groups is 1. The minimum Gasteiger partial charge on any atom is -0.496 e. The molecule has 0 aliphatic carbocycles. The SMILES string of the molecule is C=C(C)C(O)CCC(C)=CCc1cc(C(=O)OC)ccc1OC. The van der Waals surface area contributed by atoms with Crippen molar-refractivity contribution in [3.8, 4) is 5.75 Å². The summed E-state index contributed by atoms with van der Waals surface area (Å²) in [6, 6.07) is 5.25. The topological polar surface area (TPSA) is 55.8 Å². The van der Waals surface area contributed by atoms with E-state index in [0.29, 0.717) is 18.4 Å². The third kappa shape index (κ3) is 5.91. The van der Waals surface area contributed by atoms with Crippen molar-refractivity contribution in [3.63, 3.8) is 0 Å². The van der Waals surface area contributed by atoms with Gasteiger partial charge in [0.1, 0.15) is 5.75 Å². The van der Waals surface area contributed by atoms with Crippen molar-refractivity contribution >= 4 is 5.97 Å². The van der Waals surface area contributed by atoms with Crippen LogP contribution < -0.4 is 4.74 Å². The monoisotopic (exact) mass is 318 g/mol. The van der Waals surface area contributed by atoms with Gasteiger partial charge in [-0.3, -0.25) is 0 Å². The number of esters is 1. The van der Waals surface area contributed by atoms with Crippen LogP contribution in [0.2, 0.25) is 0 Å². The fourth-order valence-corrected chi connectivity index (χ4v) is 2.18. The molecule has 0 saturated heterocycles. The molecule has 0 heterocycles. The van der Waals surface area contributed by atoms with Gasteiger partial charge in [0.05, 0.1) is 25.9 Å². The van der Waals surface area contributed by atoms with Crippen molar-refractivity contribution in [2.75, 3.05) is 14.2 Å². The van der Waals surface area contributed by atoms with Crippen molar-refractivity contribution in [3.05, 3.63) is 53.1 Å². The number of allylic oxidation sites excluding steroid dienone is 2. The average molecular weight is 318 g/mol. The molecule has 0 saturated carbocycles. The van der Waals surface area contributed by atoms with Gasteiger partial charge < -0.3 is 14.6 Å². The van der Waals surface area contributed by atoms with E-state index in [1.54, 1.807) is 25.3 Å². The molecule has 0 bridgehead atoms. The van der Waals surface area contributed by atoms with Crippen LogP contribution in [0.3, 0.4) is 0 Å². The van der Waals surface area contributed by atoms with Crippen LogP contribution in [-0.4, -0.2) is 31.4 Å². The van der Waals surface area contributed by atoms with E-state index in [1.807, 2.05) is 13.8 Å². The van der Waals surface area contributed by atoms with Crippen molar-refractivity contribution in [1.82, 2.24) is 0 Å². The molecule has 1 aromatic rings. The summed E-state index contributed by atoms with van der Waals surface area (Å²) >= 11 is 0. The van der Waals surface area contributed by atoms with Crippen LogP contribution in [0.15, 0.2) is 42.0 Å². The lowest BCUT2D eigenvalue weighted by molar-refractivity contribution is 0.0600. The molecule has 4 nitrogen and oxygen atoms in total. The van der Waals surface area contributed by atoms with E-state index in [9.17, 15) is 9.90 Å². The van der Waals surface area contributed by atoms with Gasteiger partial charge in [-0.1, -0.05) is 23.8 Å². The lowest BCUT2D eigenvalue weighted by Gasteiger charge is -2.11. The molecule has 4 heteroatoms. The summed E-state index contributed by atoms with van der Waals surface area (Å²) in [5.41, 5.74) is 3.39. The van der Waals surface area contributed by atoms with Crippen molar-refractivity contribution in [1.29, 1.82) is 0 Å². The summed E-state index contributed by atoms with van der Waals surface area (Å²) in [5, 5.41) is 9.77. The maximum atomic E-state index is 11.6. The lowest BCUT2D eigenvalue weighted by Crippen LogP contribution is -2.07. The smallest absolute Gasteiger partial charge is 0.337 e. The zero-order valence-electron chi connectivity index (χ0n) is 14.4. The quantitative estimate of drug-likeness (QED) is 0.587. The highest BCUT2D eigenvalue weighted by molar-refractivity contribution is 5.89. The predicted molar refractivity (Wildman–Crippen MR) is 91.8 cm³/mol. The van der Waals surface area contributed by atoms with E-state index in [2.05, 4.69) is 12.7 Å². The molecular weight excluding hydrogens is 292 g/mol. The summed E-state index contributed by atoms with van der Waals surface area (Å²) in [6.45, 7) is 7.61. The molecule has 23 heavy (non-hydrogen) atoms. The average Bonchev–Trinajstić information content (AvgIpc) is 2.56. The second-order valence-electron chi connectivity index (χ2n) is 5.67. The predicted octanol–water partition coefficient (Wildman–Crippen LogP) is 3.69. The van der Waals surface area contributed by atoms with Crippen LogP contribution in [0.5, 0.6) is 5.75 Å². The fraction of sp³-hybridized carbons (Fsp3) is 0.421. The molecule has 126 valence electrons. The molecule has 1 N–H and O–H groups in total. The van der Waals surface area contributed by atoms with Crippen LogP contribution in [0, 0.1) is 0 Å². The number of hydrogen-bond donors (Lipinski definition) is 1. The summed E-state index contributed by atoms with van der Waals surface area (Å²) in [4.78, 5) is 11.6. The molecule has 1 rings (SSSR count). The van der Waals surface area contributed by atoms with E-state index < -0.39 is 6.10 Å². The molecule has 0 aliphatic heterocycles. The van der Waals surface area contributed by atoms with Gasteiger partial charge in [0.2, 0.25) is 0 Å². The Morgan fingerprint density at radius 1 is 1.35 bits per heavy atom. The van der Waals surface area contributed by atoms with Gasteiger partial charge in [-0.15, -0.1) is 0 Å². The number of hydrogen-bond acceptors (Lipinski definition) is 4. The molecule has 1 aromatic carbocycles. The minimum atomic E-state index is -0.462. The van der Waals surface area contributed by atoms with Crippen LogP contribution in [-0.2, 0) is 11.2 Å². The third-order valence-electron chi connectivity index (χ3n) is 3.75. The van der Waals surface area contributed by atoms with Crippen LogP contribution >= 0.6 is 0 Å². The molecular formula is C19H26O4. The Morgan fingerprint density at radius 2 is 2.04 bits per heavy atom. The van der Waals surface area contributed by atoms with Gasteiger partial charge in [-0.2, -0.15) is 0 Å².